The van der Waals surface area contributed by atoms with Crippen molar-refractivity contribution in [1.82, 2.24) is 9.97 Å². The Labute approximate surface area is 124 Å². The van der Waals surface area contributed by atoms with E-state index in [9.17, 15) is 9.59 Å². The average Bonchev–Trinajstić information content (AvgIpc) is 2.66. The van der Waals surface area contributed by atoms with E-state index < -0.39 is 5.41 Å². The maximum absolute atomic E-state index is 11.4. The van der Waals surface area contributed by atoms with Crippen molar-refractivity contribution >= 4 is 32.9 Å². The second kappa shape index (κ2) is 5.06. The molecule has 2 rings (SSSR count). The van der Waals surface area contributed by atoms with Gasteiger partial charge in [-0.05, 0) is 24.1 Å². The molecule has 0 radical (unpaired) electrons. The summed E-state index contributed by atoms with van der Waals surface area (Å²) >= 11 is 3.44. The zero-order chi connectivity index (χ0) is 15.1. The number of primary amides is 1. The number of benzene rings is 1. The van der Waals surface area contributed by atoms with Crippen molar-refractivity contribution in [2.45, 2.75) is 26.3 Å². The van der Waals surface area contributed by atoms with Crippen LogP contribution in [0.2, 0.25) is 0 Å². The van der Waals surface area contributed by atoms with Gasteiger partial charge in [-0.3, -0.25) is 4.79 Å². The van der Waals surface area contributed by atoms with E-state index in [1.165, 1.54) is 0 Å². The molecule has 0 aliphatic rings. The van der Waals surface area contributed by atoms with E-state index in [1.807, 2.05) is 0 Å². The Hall–Kier alpha value is -1.60. The lowest BCUT2D eigenvalue weighted by Gasteiger charge is -2.25. The van der Waals surface area contributed by atoms with E-state index >= 15 is 0 Å². The number of amides is 1. The molecule has 0 aliphatic carbocycles. The molecule has 1 unspecified atom stereocenters. The van der Waals surface area contributed by atoms with Crippen LogP contribution in [0.25, 0.3) is 11.0 Å². The second-order valence-electron chi connectivity index (χ2n) is 5.56. The second-order valence-corrected chi connectivity index (χ2v) is 6.41. The summed E-state index contributed by atoms with van der Waals surface area (Å²) in [6, 6.07) is 3.23. The highest BCUT2D eigenvalue weighted by atomic mass is 79.9. The van der Waals surface area contributed by atoms with Crippen LogP contribution in [-0.4, -0.2) is 15.9 Å². The molecule has 0 saturated carbocycles. The predicted molar refractivity (Wildman–Crippen MR) is 81.1 cm³/mol. The summed E-state index contributed by atoms with van der Waals surface area (Å²) < 4.78 is 0.785. The summed E-state index contributed by atoms with van der Waals surface area (Å²) in [5, 5.41) is 0. The van der Waals surface area contributed by atoms with Gasteiger partial charge >= 0.3 is 5.69 Å². The minimum atomic E-state index is -0.695. The lowest BCUT2D eigenvalue weighted by molar-refractivity contribution is -0.126. The Balaban J connectivity index is 2.39. The first-order valence-corrected chi connectivity index (χ1v) is 6.97. The molecular weight excluding hydrogens is 324 g/mol. The van der Waals surface area contributed by atoms with Crippen LogP contribution in [0.5, 0.6) is 0 Å². The Kier molecular flexibility index (Phi) is 3.75. The van der Waals surface area contributed by atoms with E-state index in [1.54, 1.807) is 26.0 Å². The van der Waals surface area contributed by atoms with Gasteiger partial charge in [0.1, 0.15) is 0 Å². The molecule has 1 heterocycles. The number of hydrogen-bond donors (Lipinski definition) is 4. The maximum atomic E-state index is 11.4. The van der Waals surface area contributed by atoms with Crippen LogP contribution in [0.1, 0.15) is 31.9 Å². The van der Waals surface area contributed by atoms with Crippen LogP contribution in [-0.2, 0) is 4.79 Å². The number of carbonyl (C=O) groups excluding carboxylic acids is 1. The van der Waals surface area contributed by atoms with Gasteiger partial charge in [0.05, 0.1) is 11.0 Å². The molecule has 1 atom stereocenters. The maximum Gasteiger partial charge on any atom is 0.323 e. The van der Waals surface area contributed by atoms with Gasteiger partial charge in [-0.2, -0.15) is 0 Å². The molecule has 0 fully saturated rings. The number of aromatic nitrogens is 2. The molecular formula is C13H17BrN4O2. The van der Waals surface area contributed by atoms with Gasteiger partial charge in [-0.15, -0.1) is 0 Å². The molecule has 0 aliphatic heterocycles. The number of carbonyl (C=O) groups is 1. The molecule has 0 bridgehead atoms. The number of aromatic amines is 2. The van der Waals surface area contributed by atoms with Gasteiger partial charge in [0.15, 0.2) is 0 Å². The molecule has 20 heavy (non-hydrogen) atoms. The molecule has 2 aromatic rings. The lowest BCUT2D eigenvalue weighted by Crippen LogP contribution is -2.34. The highest BCUT2D eigenvalue weighted by Gasteiger charge is 2.29. The first-order valence-electron chi connectivity index (χ1n) is 6.17. The third-order valence-corrected chi connectivity index (χ3v) is 4.12. The number of imidazole rings is 1. The van der Waals surface area contributed by atoms with Crippen LogP contribution in [0, 0.1) is 5.41 Å². The van der Waals surface area contributed by atoms with Gasteiger partial charge in [0.25, 0.3) is 0 Å². The van der Waals surface area contributed by atoms with Gasteiger partial charge in [-0.1, -0.05) is 29.8 Å². The average molecular weight is 341 g/mol. The van der Waals surface area contributed by atoms with E-state index in [4.69, 9.17) is 11.5 Å². The number of halogens is 1. The molecule has 1 aromatic heterocycles. The fraction of sp³-hybridized carbons (Fsp3) is 0.385. The van der Waals surface area contributed by atoms with Crippen LogP contribution < -0.4 is 17.2 Å². The zero-order valence-electron chi connectivity index (χ0n) is 11.3. The van der Waals surface area contributed by atoms with E-state index in [2.05, 4.69) is 25.9 Å². The Morgan fingerprint density at radius 3 is 2.45 bits per heavy atom. The van der Waals surface area contributed by atoms with Gasteiger partial charge < -0.3 is 21.4 Å². The quantitative estimate of drug-likeness (QED) is 0.675. The topological polar surface area (TPSA) is 118 Å². The number of rotatable bonds is 4. The number of nitrogens with two attached hydrogens (primary N) is 2. The Bertz CT molecular complexity index is 717. The number of hydrogen-bond acceptors (Lipinski definition) is 3. The van der Waals surface area contributed by atoms with Crippen molar-refractivity contribution in [2.75, 3.05) is 0 Å². The van der Waals surface area contributed by atoms with Gasteiger partial charge in [0.2, 0.25) is 5.91 Å². The SMILES string of the molecule is CC(C)(CC(N)c1cc2[nH]c(=O)[nH]c2cc1Br)C(N)=O. The highest BCUT2D eigenvalue weighted by Crippen LogP contribution is 2.33. The number of H-pyrrole nitrogens is 2. The van der Waals surface area contributed by atoms with Crippen LogP contribution >= 0.6 is 15.9 Å². The molecule has 1 aromatic carbocycles. The van der Waals surface area contributed by atoms with Crippen molar-refractivity contribution in [3.8, 4) is 0 Å². The molecule has 6 N–H and O–H groups in total. The largest absolute Gasteiger partial charge is 0.369 e. The Morgan fingerprint density at radius 2 is 1.90 bits per heavy atom. The van der Waals surface area contributed by atoms with E-state index in [0.717, 1.165) is 10.0 Å². The standard InChI is InChI=1S/C13H17BrN4O2/c1-13(2,11(16)19)5-8(15)6-3-9-10(4-7(6)14)18-12(20)17-9/h3-4,8H,5,15H2,1-2H3,(H2,16,19)(H2,17,18,20). The van der Waals surface area contributed by atoms with Gasteiger partial charge in [0, 0.05) is 15.9 Å². The zero-order valence-corrected chi connectivity index (χ0v) is 12.9. The number of nitrogens with one attached hydrogen (secondary N) is 2. The third kappa shape index (κ3) is 2.78. The fourth-order valence-corrected chi connectivity index (χ4v) is 2.75. The third-order valence-electron chi connectivity index (χ3n) is 3.43. The summed E-state index contributed by atoms with van der Waals surface area (Å²) in [5.41, 5.74) is 12.8. The summed E-state index contributed by atoms with van der Waals surface area (Å²) in [4.78, 5) is 28.0. The van der Waals surface area contributed by atoms with Crippen molar-refractivity contribution in [1.29, 1.82) is 0 Å². The van der Waals surface area contributed by atoms with Crippen molar-refractivity contribution in [3.63, 3.8) is 0 Å². The number of fused-ring (bicyclic) bond motifs is 1. The smallest absolute Gasteiger partial charge is 0.323 e. The summed E-state index contributed by atoms with van der Waals surface area (Å²) in [7, 11) is 0. The van der Waals surface area contributed by atoms with Crippen LogP contribution in [0.4, 0.5) is 0 Å². The summed E-state index contributed by atoms with van der Waals surface area (Å²) in [5.74, 6) is -0.389. The van der Waals surface area contributed by atoms with Gasteiger partial charge in [-0.25, -0.2) is 4.79 Å². The van der Waals surface area contributed by atoms with Crippen molar-refractivity contribution in [3.05, 3.63) is 32.7 Å². The molecule has 0 spiro atoms. The minimum absolute atomic E-state index is 0.268. The summed E-state index contributed by atoms with van der Waals surface area (Å²) in [6.45, 7) is 3.53. The highest BCUT2D eigenvalue weighted by molar-refractivity contribution is 9.10. The fourth-order valence-electron chi connectivity index (χ4n) is 2.12. The monoisotopic (exact) mass is 340 g/mol. The predicted octanol–water partition coefficient (Wildman–Crippen LogP) is 1.52. The Morgan fingerprint density at radius 1 is 1.35 bits per heavy atom. The molecule has 108 valence electrons. The molecule has 6 nitrogen and oxygen atoms in total. The van der Waals surface area contributed by atoms with Crippen LogP contribution in [0.3, 0.4) is 0 Å². The normalized spacial score (nSPS) is 13.6. The lowest BCUT2D eigenvalue weighted by atomic mass is 9.83. The van der Waals surface area contributed by atoms with Crippen LogP contribution in [0.15, 0.2) is 21.4 Å². The molecule has 0 saturated heterocycles. The summed E-state index contributed by atoms with van der Waals surface area (Å²) in [6.07, 6.45) is 0.418. The van der Waals surface area contributed by atoms with Crippen molar-refractivity contribution in [2.24, 2.45) is 16.9 Å². The molecule has 1 amide bonds. The van der Waals surface area contributed by atoms with Crippen molar-refractivity contribution < 1.29 is 4.79 Å². The van der Waals surface area contributed by atoms with E-state index in [0.29, 0.717) is 17.5 Å². The minimum Gasteiger partial charge on any atom is -0.369 e. The first-order chi connectivity index (χ1) is 9.20. The first kappa shape index (κ1) is 14.8. The molecule has 7 heteroatoms. The van der Waals surface area contributed by atoms with E-state index in [-0.39, 0.29) is 17.6 Å².